The zero-order valence-electron chi connectivity index (χ0n) is 16.8. The molecule has 0 aromatic heterocycles. The number of hydrogen-bond acceptors (Lipinski definition) is 5. The number of benzene rings is 1. The van der Waals surface area contributed by atoms with Crippen LogP contribution in [0, 0.1) is 11.8 Å². The zero-order valence-corrected chi connectivity index (χ0v) is 20.8. The molecule has 158 valence electrons. The van der Waals surface area contributed by atoms with Gasteiger partial charge in [-0.15, -0.1) is 0 Å². The van der Waals surface area contributed by atoms with Crippen LogP contribution in [0.5, 0.6) is 0 Å². The second-order valence-corrected chi connectivity index (χ2v) is 19.5. The molecular formula is C19H32NO5P3. The summed E-state index contributed by atoms with van der Waals surface area (Å²) >= 11 is 0. The molecule has 0 radical (unpaired) electrons. The Kier molecular flexibility index (Phi) is 9.65. The molecule has 1 aromatic rings. The minimum absolute atomic E-state index is 0.0252. The van der Waals surface area contributed by atoms with Gasteiger partial charge in [-0.3, -0.25) is 0 Å². The Morgan fingerprint density at radius 1 is 1.25 bits per heavy atom. The van der Waals surface area contributed by atoms with Gasteiger partial charge in [-0.1, -0.05) is 0 Å². The maximum atomic E-state index is 12.5. The molecule has 1 heterocycles. The topological polar surface area (TPSA) is 72.9 Å². The van der Waals surface area contributed by atoms with E-state index < -0.39 is 16.4 Å². The van der Waals surface area contributed by atoms with E-state index >= 15 is 0 Å². The molecule has 1 saturated heterocycles. The first kappa shape index (κ1) is 23.1. The van der Waals surface area contributed by atoms with Crippen LogP contribution in [0.1, 0.15) is 32.8 Å². The van der Waals surface area contributed by atoms with Gasteiger partial charge in [0.2, 0.25) is 0 Å². The molecule has 0 bridgehead atoms. The summed E-state index contributed by atoms with van der Waals surface area (Å²) in [4.78, 5) is 35.3. The van der Waals surface area contributed by atoms with Crippen molar-refractivity contribution in [2.45, 2.75) is 39.8 Å². The Balaban J connectivity index is 1.76. The van der Waals surface area contributed by atoms with Gasteiger partial charge >= 0.3 is 171 Å². The monoisotopic (exact) mass is 447 g/mol. The van der Waals surface area contributed by atoms with E-state index in [0.717, 1.165) is 5.56 Å². The van der Waals surface area contributed by atoms with E-state index in [0.29, 0.717) is 25.6 Å². The summed E-state index contributed by atoms with van der Waals surface area (Å²) < 4.78 is 12.4. The number of nitrogens with zero attached hydrogens (tertiary/aromatic N) is 1. The molecule has 3 atom stereocenters. The molecule has 9 heteroatoms. The summed E-state index contributed by atoms with van der Waals surface area (Å²) in [7, 11) is -1.04. The van der Waals surface area contributed by atoms with Crippen molar-refractivity contribution in [1.82, 2.24) is 4.67 Å². The molecule has 0 aliphatic carbocycles. The molecule has 1 unspecified atom stereocenters. The van der Waals surface area contributed by atoms with E-state index in [9.17, 15) is 14.4 Å². The van der Waals surface area contributed by atoms with Gasteiger partial charge in [0.25, 0.3) is 0 Å². The van der Waals surface area contributed by atoms with Crippen LogP contribution in [0.15, 0.2) is 30.3 Å². The van der Waals surface area contributed by atoms with Crippen LogP contribution in [0.4, 0.5) is 0 Å². The van der Waals surface area contributed by atoms with Crippen LogP contribution < -0.4 is 0 Å². The van der Waals surface area contributed by atoms with Gasteiger partial charge in [-0.2, -0.15) is 0 Å². The predicted octanol–water partition coefficient (Wildman–Crippen LogP) is 2.41. The summed E-state index contributed by atoms with van der Waals surface area (Å²) in [5.41, 5.74) is 0.979. The Labute approximate surface area is 170 Å². The first-order valence-corrected chi connectivity index (χ1v) is 18.3. The average Bonchev–Trinajstić information content (AvgIpc) is 2.65. The molecule has 1 fully saturated rings. The minimum atomic E-state index is -0.611. The van der Waals surface area contributed by atoms with Crippen LogP contribution in [0.25, 0.3) is 0 Å². The van der Waals surface area contributed by atoms with E-state index in [1.54, 1.807) is 5.80 Å². The van der Waals surface area contributed by atoms with Gasteiger partial charge < -0.3 is 0 Å². The van der Waals surface area contributed by atoms with E-state index in [2.05, 4.69) is 18.5 Å². The Bertz CT molecular complexity index is 711. The SMILES string of the molecule is CC(=O)OCC[C@H]1[C@H](C(C)C)C(=O)N1[PH3][PH3][PH2]=CC(=O)OCc1ccccc1. The molecule has 1 aromatic carbocycles. The Hall–Kier alpha value is -1.21. The fourth-order valence-electron chi connectivity index (χ4n) is 3.47. The molecule has 28 heavy (non-hydrogen) atoms. The van der Waals surface area contributed by atoms with Crippen molar-refractivity contribution in [2.75, 3.05) is 6.61 Å². The fraction of sp³-hybridized carbons (Fsp3) is 0.474. The standard InChI is InChI=1S/C19H32NO5P3/c1-13(2)18-16(9-10-24-14(3)21)20(19(18)23)27-28-26-12-17(22)25-11-15-7-5-4-6-8-15/h4-8,12-13,16,18H,9-11,26H2,1-3,27-28H3/t16-,18-/m0/s1. The summed E-state index contributed by atoms with van der Waals surface area (Å²) in [6, 6.07) is 9.83. The number of rotatable bonds is 10. The second-order valence-electron chi connectivity index (χ2n) is 7.28. The van der Waals surface area contributed by atoms with Crippen LogP contribution in [0.2, 0.25) is 0 Å². The number of carbonyl (C=O) groups excluding carboxylic acids is 3. The summed E-state index contributed by atoms with van der Waals surface area (Å²) in [5, 5.41) is 0. The van der Waals surface area contributed by atoms with Crippen molar-refractivity contribution in [1.29, 1.82) is 0 Å². The van der Waals surface area contributed by atoms with E-state index in [4.69, 9.17) is 9.47 Å². The third-order valence-electron chi connectivity index (χ3n) is 4.83. The van der Waals surface area contributed by atoms with Crippen molar-refractivity contribution >= 4 is 47.9 Å². The Morgan fingerprint density at radius 3 is 2.61 bits per heavy atom. The van der Waals surface area contributed by atoms with Gasteiger partial charge in [0, 0.05) is 0 Å². The second kappa shape index (κ2) is 11.7. The molecule has 1 aliphatic heterocycles. The zero-order chi connectivity index (χ0) is 20.5. The van der Waals surface area contributed by atoms with Crippen molar-refractivity contribution < 1.29 is 23.9 Å². The molecule has 0 spiro atoms. The number of esters is 2. The maximum absolute atomic E-state index is 12.5. The molecular weight excluding hydrogens is 415 g/mol. The normalized spacial score (nSPS) is 19.6. The predicted molar refractivity (Wildman–Crippen MR) is 124 cm³/mol. The van der Waals surface area contributed by atoms with Crippen LogP contribution in [-0.4, -0.2) is 41.0 Å². The average molecular weight is 447 g/mol. The molecule has 1 amide bonds. The molecule has 0 N–H and O–H groups in total. The summed E-state index contributed by atoms with van der Waals surface area (Å²) in [6.45, 7) is 6.21. The molecule has 1 aliphatic rings. The van der Waals surface area contributed by atoms with Gasteiger partial charge in [-0.25, -0.2) is 0 Å². The van der Waals surface area contributed by atoms with E-state index in [-0.39, 0.29) is 37.7 Å². The van der Waals surface area contributed by atoms with Crippen LogP contribution >= 0.6 is 24.3 Å². The van der Waals surface area contributed by atoms with Crippen molar-refractivity contribution in [3.63, 3.8) is 0 Å². The summed E-state index contributed by atoms with van der Waals surface area (Å²) in [6.07, 6.45) is 0.716. The molecule has 0 saturated carbocycles. The van der Waals surface area contributed by atoms with Crippen LogP contribution in [-0.2, 0) is 30.5 Å². The Morgan fingerprint density at radius 2 is 1.96 bits per heavy atom. The van der Waals surface area contributed by atoms with Gasteiger partial charge in [0.05, 0.1) is 0 Å². The quantitative estimate of drug-likeness (QED) is 0.313. The van der Waals surface area contributed by atoms with E-state index in [1.807, 2.05) is 30.3 Å². The van der Waals surface area contributed by atoms with Crippen molar-refractivity contribution in [3.05, 3.63) is 35.9 Å². The fourth-order valence-corrected chi connectivity index (χ4v) is 14.9. The first-order valence-electron chi connectivity index (χ1n) is 9.71. The number of hydrogen-bond donors (Lipinski definition) is 0. The van der Waals surface area contributed by atoms with Gasteiger partial charge in [0.1, 0.15) is 0 Å². The third-order valence-corrected chi connectivity index (χ3v) is 16.4. The summed E-state index contributed by atoms with van der Waals surface area (Å²) in [5.74, 6) is 1.79. The number of ether oxygens (including phenoxy) is 2. The number of β-lactam (4-membered cyclic amide) rings is 1. The van der Waals surface area contributed by atoms with Crippen molar-refractivity contribution in [3.8, 4) is 0 Å². The van der Waals surface area contributed by atoms with E-state index in [1.165, 1.54) is 6.92 Å². The van der Waals surface area contributed by atoms with Crippen molar-refractivity contribution in [2.24, 2.45) is 11.8 Å². The van der Waals surface area contributed by atoms with Crippen LogP contribution in [0.3, 0.4) is 0 Å². The third kappa shape index (κ3) is 6.99. The van der Waals surface area contributed by atoms with Gasteiger partial charge in [-0.05, 0) is 0 Å². The molecule has 2 rings (SSSR count). The first-order chi connectivity index (χ1) is 13.4. The van der Waals surface area contributed by atoms with Gasteiger partial charge in [0.15, 0.2) is 0 Å². The number of carbonyl (C=O) groups is 3. The molecule has 6 nitrogen and oxygen atoms in total. The number of amides is 1.